The van der Waals surface area contributed by atoms with Crippen LogP contribution in [0.15, 0.2) is 0 Å². The maximum atomic E-state index is 9.76. The summed E-state index contributed by atoms with van der Waals surface area (Å²) in [4.78, 5) is 2.27. The third-order valence-corrected chi connectivity index (χ3v) is 2.84. The molecule has 0 spiro atoms. The molecule has 0 saturated carbocycles. The summed E-state index contributed by atoms with van der Waals surface area (Å²) in [5.41, 5.74) is -0.611. The Morgan fingerprint density at radius 1 is 1.40 bits per heavy atom. The van der Waals surface area contributed by atoms with Gasteiger partial charge in [0.05, 0.1) is 17.8 Å². The van der Waals surface area contributed by atoms with Crippen molar-refractivity contribution in [1.82, 2.24) is 4.90 Å². The van der Waals surface area contributed by atoms with Gasteiger partial charge in [-0.2, -0.15) is 0 Å². The Balaban J connectivity index is 2.33. The van der Waals surface area contributed by atoms with Gasteiger partial charge in [-0.1, -0.05) is 6.92 Å². The summed E-state index contributed by atoms with van der Waals surface area (Å²) in [6.45, 7) is 10.6. The van der Waals surface area contributed by atoms with Crippen LogP contribution in [-0.4, -0.2) is 47.4 Å². The predicted molar refractivity (Wildman–Crippen MR) is 62.0 cm³/mol. The van der Waals surface area contributed by atoms with Crippen LogP contribution in [0.4, 0.5) is 0 Å². The van der Waals surface area contributed by atoms with Crippen LogP contribution in [0, 0.1) is 0 Å². The number of likely N-dealkylation sites (N-methyl/N-ethyl adjacent to an activating group) is 1. The molecule has 1 aliphatic heterocycles. The molecule has 0 bridgehead atoms. The summed E-state index contributed by atoms with van der Waals surface area (Å²) in [6.07, 6.45) is 3.10. The Morgan fingerprint density at radius 3 is 2.47 bits per heavy atom. The first-order valence-electron chi connectivity index (χ1n) is 6.01. The average molecular weight is 215 g/mol. The van der Waals surface area contributed by atoms with Gasteiger partial charge in [-0.05, 0) is 40.2 Å². The Labute approximate surface area is 93.4 Å². The van der Waals surface area contributed by atoms with E-state index in [2.05, 4.69) is 18.7 Å². The SMILES string of the molecule is CCN(CC1CCC(C)O1)CC(C)(C)O. The lowest BCUT2D eigenvalue weighted by Crippen LogP contribution is -2.42. The van der Waals surface area contributed by atoms with E-state index in [4.69, 9.17) is 4.74 Å². The molecule has 15 heavy (non-hydrogen) atoms. The quantitative estimate of drug-likeness (QED) is 0.757. The fourth-order valence-electron chi connectivity index (χ4n) is 2.16. The highest BCUT2D eigenvalue weighted by Crippen LogP contribution is 2.20. The second-order valence-electron chi connectivity index (χ2n) is 5.29. The molecule has 1 saturated heterocycles. The van der Waals surface area contributed by atoms with Crippen LogP contribution in [0.2, 0.25) is 0 Å². The predicted octanol–water partition coefficient (Wildman–Crippen LogP) is 1.65. The molecule has 0 amide bonds. The fourth-order valence-corrected chi connectivity index (χ4v) is 2.16. The molecular weight excluding hydrogens is 190 g/mol. The standard InChI is InChI=1S/C12H25NO2/c1-5-13(9-12(3,4)14)8-11-7-6-10(2)15-11/h10-11,14H,5-9H2,1-4H3. The smallest absolute Gasteiger partial charge is 0.0718 e. The van der Waals surface area contributed by atoms with Gasteiger partial charge >= 0.3 is 0 Å². The molecule has 0 aromatic carbocycles. The van der Waals surface area contributed by atoms with Gasteiger partial charge < -0.3 is 9.84 Å². The first kappa shape index (κ1) is 12.9. The fraction of sp³-hybridized carbons (Fsp3) is 1.00. The summed E-state index contributed by atoms with van der Waals surface area (Å²) >= 11 is 0. The molecule has 0 aromatic rings. The molecule has 1 heterocycles. The largest absolute Gasteiger partial charge is 0.389 e. The highest BCUT2D eigenvalue weighted by Gasteiger charge is 2.25. The van der Waals surface area contributed by atoms with Gasteiger partial charge in [0.15, 0.2) is 0 Å². The summed E-state index contributed by atoms with van der Waals surface area (Å²) in [5, 5.41) is 9.76. The molecule has 0 radical (unpaired) electrons. The summed E-state index contributed by atoms with van der Waals surface area (Å²) in [7, 11) is 0. The van der Waals surface area contributed by atoms with E-state index in [1.54, 1.807) is 0 Å². The number of aliphatic hydroxyl groups is 1. The van der Waals surface area contributed by atoms with Gasteiger partial charge in [-0.3, -0.25) is 4.90 Å². The molecule has 1 aliphatic rings. The normalized spacial score (nSPS) is 27.6. The second kappa shape index (κ2) is 5.28. The van der Waals surface area contributed by atoms with Crippen molar-refractivity contribution in [2.45, 2.75) is 58.3 Å². The maximum Gasteiger partial charge on any atom is 0.0718 e. The third kappa shape index (κ3) is 4.96. The summed E-state index contributed by atoms with van der Waals surface area (Å²) in [5.74, 6) is 0. The van der Waals surface area contributed by atoms with E-state index < -0.39 is 5.60 Å². The summed E-state index contributed by atoms with van der Waals surface area (Å²) in [6, 6.07) is 0. The lowest BCUT2D eigenvalue weighted by atomic mass is 10.1. The van der Waals surface area contributed by atoms with Gasteiger partial charge in [-0.25, -0.2) is 0 Å². The van der Waals surface area contributed by atoms with E-state index in [1.165, 1.54) is 6.42 Å². The van der Waals surface area contributed by atoms with E-state index in [0.29, 0.717) is 12.2 Å². The highest BCUT2D eigenvalue weighted by molar-refractivity contribution is 4.77. The number of rotatable bonds is 5. The van der Waals surface area contributed by atoms with Crippen molar-refractivity contribution in [2.24, 2.45) is 0 Å². The van der Waals surface area contributed by atoms with E-state index in [1.807, 2.05) is 13.8 Å². The highest BCUT2D eigenvalue weighted by atomic mass is 16.5. The molecular formula is C12H25NO2. The van der Waals surface area contributed by atoms with E-state index in [0.717, 1.165) is 26.1 Å². The molecule has 1 N–H and O–H groups in total. The van der Waals surface area contributed by atoms with Crippen molar-refractivity contribution < 1.29 is 9.84 Å². The van der Waals surface area contributed by atoms with Gasteiger partial charge in [0, 0.05) is 13.1 Å². The van der Waals surface area contributed by atoms with Crippen molar-refractivity contribution in [3.8, 4) is 0 Å². The van der Waals surface area contributed by atoms with Crippen molar-refractivity contribution >= 4 is 0 Å². The van der Waals surface area contributed by atoms with E-state index >= 15 is 0 Å². The van der Waals surface area contributed by atoms with Crippen molar-refractivity contribution in [3.05, 3.63) is 0 Å². The zero-order valence-corrected chi connectivity index (χ0v) is 10.5. The zero-order chi connectivity index (χ0) is 11.5. The van der Waals surface area contributed by atoms with Crippen LogP contribution in [0.5, 0.6) is 0 Å². The number of hydrogen-bond acceptors (Lipinski definition) is 3. The van der Waals surface area contributed by atoms with Crippen LogP contribution >= 0.6 is 0 Å². The number of nitrogens with zero attached hydrogens (tertiary/aromatic N) is 1. The van der Waals surface area contributed by atoms with Gasteiger partial charge in [0.1, 0.15) is 0 Å². The Hall–Kier alpha value is -0.120. The van der Waals surface area contributed by atoms with Crippen LogP contribution in [0.25, 0.3) is 0 Å². The molecule has 2 atom stereocenters. The van der Waals surface area contributed by atoms with Crippen LogP contribution < -0.4 is 0 Å². The molecule has 1 rings (SSSR count). The van der Waals surface area contributed by atoms with Gasteiger partial charge in [0.25, 0.3) is 0 Å². The zero-order valence-electron chi connectivity index (χ0n) is 10.5. The van der Waals surface area contributed by atoms with Crippen LogP contribution in [-0.2, 0) is 4.74 Å². The second-order valence-corrected chi connectivity index (χ2v) is 5.29. The van der Waals surface area contributed by atoms with Crippen LogP contribution in [0.1, 0.15) is 40.5 Å². The Bertz CT molecular complexity index is 189. The van der Waals surface area contributed by atoms with Crippen molar-refractivity contribution in [1.29, 1.82) is 0 Å². The number of hydrogen-bond donors (Lipinski definition) is 1. The topological polar surface area (TPSA) is 32.7 Å². The molecule has 1 fully saturated rings. The minimum atomic E-state index is -0.611. The minimum absolute atomic E-state index is 0.363. The number of ether oxygens (including phenoxy) is 1. The van der Waals surface area contributed by atoms with Crippen LogP contribution in [0.3, 0.4) is 0 Å². The van der Waals surface area contributed by atoms with E-state index in [-0.39, 0.29) is 0 Å². The average Bonchev–Trinajstić information content (AvgIpc) is 2.47. The Kier molecular flexibility index (Phi) is 4.56. The van der Waals surface area contributed by atoms with Crippen molar-refractivity contribution in [2.75, 3.05) is 19.6 Å². The minimum Gasteiger partial charge on any atom is -0.389 e. The first-order chi connectivity index (χ1) is 6.90. The molecule has 2 unspecified atom stereocenters. The molecule has 90 valence electrons. The molecule has 0 aromatic heterocycles. The molecule has 0 aliphatic carbocycles. The third-order valence-electron chi connectivity index (χ3n) is 2.84. The lowest BCUT2D eigenvalue weighted by Gasteiger charge is -2.29. The maximum absolute atomic E-state index is 9.76. The van der Waals surface area contributed by atoms with Gasteiger partial charge in [-0.15, -0.1) is 0 Å². The molecule has 3 heteroatoms. The first-order valence-corrected chi connectivity index (χ1v) is 6.01. The lowest BCUT2D eigenvalue weighted by molar-refractivity contribution is -0.000329. The van der Waals surface area contributed by atoms with E-state index in [9.17, 15) is 5.11 Å². The van der Waals surface area contributed by atoms with Gasteiger partial charge in [0.2, 0.25) is 0 Å². The Morgan fingerprint density at radius 2 is 2.07 bits per heavy atom. The van der Waals surface area contributed by atoms with Crippen molar-refractivity contribution in [3.63, 3.8) is 0 Å². The molecule has 3 nitrogen and oxygen atoms in total. The monoisotopic (exact) mass is 215 g/mol. The summed E-state index contributed by atoms with van der Waals surface area (Å²) < 4.78 is 5.78.